The Bertz CT molecular complexity index is 755. The Labute approximate surface area is 147 Å². The summed E-state index contributed by atoms with van der Waals surface area (Å²) in [7, 11) is 1.92. The molecule has 0 bridgehead atoms. The average Bonchev–Trinajstić information content (AvgIpc) is 3.35. The molecule has 0 N–H and O–H groups in total. The number of hydrogen-bond donors (Lipinski definition) is 0. The number of aromatic nitrogens is 4. The highest BCUT2D eigenvalue weighted by Gasteiger charge is 2.46. The molecule has 0 spiro atoms. The van der Waals surface area contributed by atoms with E-state index in [-0.39, 0.29) is 5.92 Å². The van der Waals surface area contributed by atoms with Crippen molar-refractivity contribution < 1.29 is 4.79 Å². The molecule has 1 saturated carbocycles. The van der Waals surface area contributed by atoms with Gasteiger partial charge in [0.2, 0.25) is 5.91 Å². The molecule has 4 rings (SSSR count). The quantitative estimate of drug-likeness (QED) is 0.844. The Kier molecular flexibility index (Phi) is 4.15. The van der Waals surface area contributed by atoms with E-state index in [0.717, 1.165) is 50.5 Å². The van der Waals surface area contributed by atoms with Crippen molar-refractivity contribution in [2.75, 3.05) is 31.1 Å². The van der Waals surface area contributed by atoms with E-state index in [0.29, 0.717) is 11.8 Å². The van der Waals surface area contributed by atoms with Gasteiger partial charge in [0, 0.05) is 45.3 Å². The molecule has 7 heteroatoms. The van der Waals surface area contributed by atoms with E-state index in [1.54, 1.807) is 0 Å². The molecule has 25 heavy (non-hydrogen) atoms. The molecule has 7 nitrogen and oxygen atoms in total. The molecule has 1 amide bonds. The number of hydrogen-bond acceptors (Lipinski definition) is 5. The second-order valence-electron chi connectivity index (χ2n) is 7.09. The molecule has 2 aliphatic rings. The lowest BCUT2D eigenvalue weighted by molar-refractivity contribution is -0.132. The fourth-order valence-electron chi connectivity index (χ4n) is 3.63. The van der Waals surface area contributed by atoms with Gasteiger partial charge in [-0.05, 0) is 43.4 Å². The van der Waals surface area contributed by atoms with E-state index in [1.807, 2.05) is 48.1 Å². The van der Waals surface area contributed by atoms with Crippen molar-refractivity contribution in [3.63, 3.8) is 0 Å². The highest BCUT2D eigenvalue weighted by atomic mass is 16.2. The zero-order valence-corrected chi connectivity index (χ0v) is 14.8. The number of amides is 1. The second kappa shape index (κ2) is 6.46. The first-order valence-electron chi connectivity index (χ1n) is 8.94. The van der Waals surface area contributed by atoms with Crippen LogP contribution in [-0.2, 0) is 11.8 Å². The smallest absolute Gasteiger partial charge is 0.226 e. The van der Waals surface area contributed by atoms with Crippen LogP contribution in [0.5, 0.6) is 0 Å². The third-order valence-electron chi connectivity index (χ3n) is 5.18. The fourth-order valence-corrected chi connectivity index (χ4v) is 3.63. The Morgan fingerprint density at radius 3 is 2.76 bits per heavy atom. The molecule has 1 aliphatic heterocycles. The fraction of sp³-hybridized carbons (Fsp3) is 0.556. The maximum Gasteiger partial charge on any atom is 0.226 e. The predicted octanol–water partition coefficient (Wildman–Crippen LogP) is 1.36. The molecule has 2 aromatic rings. The van der Waals surface area contributed by atoms with Gasteiger partial charge in [0.05, 0.1) is 11.9 Å². The summed E-state index contributed by atoms with van der Waals surface area (Å²) in [4.78, 5) is 17.1. The minimum absolute atomic E-state index is 0.134. The Morgan fingerprint density at radius 2 is 2.04 bits per heavy atom. The maximum atomic E-state index is 12.8. The van der Waals surface area contributed by atoms with Gasteiger partial charge in [-0.3, -0.25) is 9.48 Å². The van der Waals surface area contributed by atoms with E-state index < -0.39 is 0 Å². The van der Waals surface area contributed by atoms with Crippen LogP contribution >= 0.6 is 0 Å². The minimum atomic E-state index is 0.134. The van der Waals surface area contributed by atoms with Crippen molar-refractivity contribution in [3.05, 3.63) is 35.8 Å². The Morgan fingerprint density at radius 1 is 1.16 bits per heavy atom. The molecular formula is C18H24N6O. The molecule has 2 aromatic heterocycles. The van der Waals surface area contributed by atoms with E-state index in [2.05, 4.69) is 20.2 Å². The summed E-state index contributed by atoms with van der Waals surface area (Å²) in [6, 6.07) is 4.00. The summed E-state index contributed by atoms with van der Waals surface area (Å²) in [5.74, 6) is 1.68. The van der Waals surface area contributed by atoms with E-state index in [9.17, 15) is 4.79 Å². The SMILES string of the molecule is Cc1ccc(N2CCCN(C(=O)[C@@H]3C[C@@H]3c3cnn(C)c3)CC2)nn1. The summed E-state index contributed by atoms with van der Waals surface area (Å²) in [6.45, 7) is 5.25. The highest BCUT2D eigenvalue weighted by Crippen LogP contribution is 2.48. The third-order valence-corrected chi connectivity index (χ3v) is 5.18. The van der Waals surface area contributed by atoms with Crippen molar-refractivity contribution in [1.82, 2.24) is 24.9 Å². The first-order valence-corrected chi connectivity index (χ1v) is 8.94. The van der Waals surface area contributed by atoms with Gasteiger partial charge in [-0.25, -0.2) is 0 Å². The topological polar surface area (TPSA) is 67.2 Å². The standard InChI is InChI=1S/C18H24N6O/c1-13-4-5-17(21-20-13)23-6-3-7-24(9-8-23)18(25)16-10-15(16)14-11-19-22(2)12-14/h4-5,11-12,15-16H,3,6-10H2,1-2H3/t15-,16-/m1/s1. The molecule has 1 aliphatic carbocycles. The van der Waals surface area contributed by atoms with Gasteiger partial charge in [0.15, 0.2) is 5.82 Å². The maximum absolute atomic E-state index is 12.8. The van der Waals surface area contributed by atoms with Crippen LogP contribution in [0.4, 0.5) is 5.82 Å². The van der Waals surface area contributed by atoms with Crippen LogP contribution in [0.3, 0.4) is 0 Å². The number of carbonyl (C=O) groups excluding carboxylic acids is 1. The van der Waals surface area contributed by atoms with E-state index in [4.69, 9.17) is 0 Å². The average molecular weight is 340 g/mol. The molecule has 1 saturated heterocycles. The van der Waals surface area contributed by atoms with E-state index in [1.165, 1.54) is 5.56 Å². The van der Waals surface area contributed by atoms with Gasteiger partial charge in [0.1, 0.15) is 0 Å². The van der Waals surface area contributed by atoms with Crippen LogP contribution < -0.4 is 4.90 Å². The van der Waals surface area contributed by atoms with Gasteiger partial charge in [-0.15, -0.1) is 5.10 Å². The Hall–Kier alpha value is -2.44. The van der Waals surface area contributed by atoms with Crippen molar-refractivity contribution in [1.29, 1.82) is 0 Å². The molecule has 0 aromatic carbocycles. The second-order valence-corrected chi connectivity index (χ2v) is 7.09. The van der Waals surface area contributed by atoms with Crippen LogP contribution in [-0.4, -0.2) is 57.0 Å². The first-order chi connectivity index (χ1) is 12.1. The lowest BCUT2D eigenvalue weighted by atomic mass is 10.2. The van der Waals surface area contributed by atoms with Gasteiger partial charge in [-0.2, -0.15) is 10.2 Å². The predicted molar refractivity (Wildman–Crippen MR) is 94.2 cm³/mol. The van der Waals surface area contributed by atoms with Crippen molar-refractivity contribution in [2.24, 2.45) is 13.0 Å². The highest BCUT2D eigenvalue weighted by molar-refractivity contribution is 5.83. The molecule has 2 fully saturated rings. The summed E-state index contributed by atoms with van der Waals surface area (Å²) >= 11 is 0. The van der Waals surface area contributed by atoms with E-state index >= 15 is 0 Å². The summed E-state index contributed by atoms with van der Waals surface area (Å²) in [6.07, 6.45) is 5.83. The van der Waals surface area contributed by atoms with Crippen LogP contribution in [0.1, 0.15) is 30.0 Å². The van der Waals surface area contributed by atoms with Crippen LogP contribution in [0.25, 0.3) is 0 Å². The Balaban J connectivity index is 1.36. The number of nitrogens with zero attached hydrogens (tertiary/aromatic N) is 6. The van der Waals surface area contributed by atoms with Gasteiger partial charge in [0.25, 0.3) is 0 Å². The van der Waals surface area contributed by atoms with Crippen molar-refractivity contribution >= 4 is 11.7 Å². The summed E-state index contributed by atoms with van der Waals surface area (Å²) in [5, 5.41) is 12.6. The monoisotopic (exact) mass is 340 g/mol. The normalized spacial score (nSPS) is 23.4. The molecule has 132 valence electrons. The third kappa shape index (κ3) is 3.36. The lowest BCUT2D eigenvalue weighted by Gasteiger charge is -2.22. The molecule has 0 unspecified atom stereocenters. The zero-order chi connectivity index (χ0) is 17.4. The lowest BCUT2D eigenvalue weighted by Crippen LogP contribution is -2.36. The van der Waals surface area contributed by atoms with Crippen molar-refractivity contribution in [3.8, 4) is 0 Å². The summed E-state index contributed by atoms with van der Waals surface area (Å²) in [5.41, 5.74) is 2.11. The first kappa shape index (κ1) is 16.1. The summed E-state index contributed by atoms with van der Waals surface area (Å²) < 4.78 is 1.81. The minimum Gasteiger partial charge on any atom is -0.353 e. The number of aryl methyl sites for hydroxylation is 2. The molecular weight excluding hydrogens is 316 g/mol. The largest absolute Gasteiger partial charge is 0.353 e. The number of carbonyl (C=O) groups is 1. The molecule has 3 heterocycles. The van der Waals surface area contributed by atoms with Gasteiger partial charge in [-0.1, -0.05) is 0 Å². The molecule has 0 radical (unpaired) electrons. The van der Waals surface area contributed by atoms with Crippen LogP contribution in [0.2, 0.25) is 0 Å². The zero-order valence-electron chi connectivity index (χ0n) is 14.8. The van der Waals surface area contributed by atoms with Crippen molar-refractivity contribution in [2.45, 2.75) is 25.7 Å². The van der Waals surface area contributed by atoms with Gasteiger partial charge >= 0.3 is 0 Å². The number of anilines is 1. The van der Waals surface area contributed by atoms with Gasteiger partial charge < -0.3 is 9.80 Å². The van der Waals surface area contributed by atoms with Crippen LogP contribution in [0, 0.1) is 12.8 Å². The number of rotatable bonds is 3. The van der Waals surface area contributed by atoms with Crippen LogP contribution in [0.15, 0.2) is 24.5 Å². The molecule has 2 atom stereocenters.